The van der Waals surface area contributed by atoms with Crippen LogP contribution < -0.4 is 20.1 Å². The van der Waals surface area contributed by atoms with E-state index in [1.807, 2.05) is 0 Å². The molecule has 1 fully saturated rings. The van der Waals surface area contributed by atoms with Crippen molar-refractivity contribution in [2.75, 3.05) is 32.7 Å². The third-order valence-corrected chi connectivity index (χ3v) is 4.79. The maximum atomic E-state index is 12.5. The van der Waals surface area contributed by atoms with E-state index in [9.17, 15) is 19.2 Å². The second-order valence-corrected chi connectivity index (χ2v) is 6.39. The first-order valence-electron chi connectivity index (χ1n) is 9.11. The molecule has 0 bridgehead atoms. The van der Waals surface area contributed by atoms with Crippen LogP contribution >= 0.6 is 0 Å². The van der Waals surface area contributed by atoms with Gasteiger partial charge in [-0.1, -0.05) is 13.8 Å². The number of carbonyl (C=O) groups excluding carboxylic acids is 4. The van der Waals surface area contributed by atoms with Crippen LogP contribution in [0, 0.1) is 0 Å². The lowest BCUT2D eigenvalue weighted by Crippen LogP contribution is -2.46. The van der Waals surface area contributed by atoms with Crippen molar-refractivity contribution in [2.45, 2.75) is 32.2 Å². The fourth-order valence-electron chi connectivity index (χ4n) is 2.96. The molecule has 0 aromatic heterocycles. The molecular weight excluding hydrogens is 382 g/mol. The smallest absolute Gasteiger partial charge is 0.326 e. The molecule has 1 saturated heterocycles. The second kappa shape index (κ2) is 9.26. The maximum Gasteiger partial charge on any atom is 0.326 e. The van der Waals surface area contributed by atoms with Gasteiger partial charge in [0.05, 0.1) is 19.9 Å². The number of ether oxygens (including phenoxy) is 3. The van der Waals surface area contributed by atoms with Crippen LogP contribution in [0.3, 0.4) is 0 Å². The van der Waals surface area contributed by atoms with Crippen molar-refractivity contribution in [1.29, 1.82) is 0 Å². The van der Waals surface area contributed by atoms with Gasteiger partial charge < -0.3 is 24.8 Å². The minimum Gasteiger partial charge on any atom is -0.497 e. The summed E-state index contributed by atoms with van der Waals surface area (Å²) in [5.41, 5.74) is -0.626. The fourth-order valence-corrected chi connectivity index (χ4v) is 2.96. The van der Waals surface area contributed by atoms with E-state index in [4.69, 9.17) is 14.2 Å². The molecule has 0 unspecified atom stereocenters. The van der Waals surface area contributed by atoms with Gasteiger partial charge in [-0.2, -0.15) is 0 Å². The second-order valence-electron chi connectivity index (χ2n) is 6.39. The summed E-state index contributed by atoms with van der Waals surface area (Å²) >= 11 is 0. The van der Waals surface area contributed by atoms with Crippen LogP contribution in [0.25, 0.3) is 0 Å². The molecular formula is C19H25N3O7. The van der Waals surface area contributed by atoms with Crippen molar-refractivity contribution in [3.8, 4) is 11.5 Å². The molecule has 1 aliphatic rings. The summed E-state index contributed by atoms with van der Waals surface area (Å²) in [5.74, 6) is -1.02. The van der Waals surface area contributed by atoms with Gasteiger partial charge in [0.25, 0.3) is 11.8 Å². The van der Waals surface area contributed by atoms with E-state index in [2.05, 4.69) is 10.6 Å². The third-order valence-electron chi connectivity index (χ3n) is 4.79. The Labute approximate surface area is 168 Å². The van der Waals surface area contributed by atoms with E-state index < -0.39 is 42.5 Å². The van der Waals surface area contributed by atoms with Crippen LogP contribution in [0.4, 0.5) is 10.5 Å². The van der Waals surface area contributed by atoms with Gasteiger partial charge in [-0.25, -0.2) is 4.79 Å². The molecule has 1 heterocycles. The summed E-state index contributed by atoms with van der Waals surface area (Å²) in [4.78, 5) is 49.4. The van der Waals surface area contributed by atoms with Gasteiger partial charge in [0.15, 0.2) is 6.61 Å². The SMILES string of the molecule is CCC1(CC)NC(=O)N(CC(=O)OCC(=O)Nc2ccc(OC)cc2OC)C1=O. The van der Waals surface area contributed by atoms with Crippen LogP contribution in [0.1, 0.15) is 26.7 Å². The zero-order valence-corrected chi connectivity index (χ0v) is 16.9. The zero-order chi connectivity index (χ0) is 21.6. The number of hydrogen-bond donors (Lipinski definition) is 2. The third kappa shape index (κ3) is 4.76. The van der Waals surface area contributed by atoms with Gasteiger partial charge >= 0.3 is 12.0 Å². The van der Waals surface area contributed by atoms with Crippen molar-refractivity contribution >= 4 is 29.5 Å². The topological polar surface area (TPSA) is 123 Å². The lowest BCUT2D eigenvalue weighted by molar-refractivity contribution is -0.150. The number of methoxy groups -OCH3 is 2. The average Bonchev–Trinajstić information content (AvgIpc) is 2.97. The standard InChI is InChI=1S/C19H25N3O7/c1-5-19(6-2)17(25)22(18(26)21-19)10-16(24)29-11-15(23)20-13-8-7-12(27-3)9-14(13)28-4/h7-9H,5-6,10-11H2,1-4H3,(H,20,23)(H,21,26). The van der Waals surface area contributed by atoms with Crippen LogP contribution in [0.5, 0.6) is 11.5 Å². The number of anilines is 1. The van der Waals surface area contributed by atoms with Crippen LogP contribution in [0.2, 0.25) is 0 Å². The van der Waals surface area contributed by atoms with Crippen LogP contribution in [-0.4, -0.2) is 61.6 Å². The number of amides is 4. The molecule has 29 heavy (non-hydrogen) atoms. The monoisotopic (exact) mass is 407 g/mol. The molecule has 1 aromatic rings. The Morgan fingerprint density at radius 2 is 1.83 bits per heavy atom. The lowest BCUT2D eigenvalue weighted by atomic mass is 9.93. The van der Waals surface area contributed by atoms with Crippen molar-refractivity contribution in [1.82, 2.24) is 10.2 Å². The number of nitrogens with one attached hydrogen (secondary N) is 2. The Hall–Kier alpha value is -3.30. The highest BCUT2D eigenvalue weighted by atomic mass is 16.5. The van der Waals surface area contributed by atoms with Crippen molar-refractivity contribution < 1.29 is 33.4 Å². The number of rotatable bonds is 9. The molecule has 4 amide bonds. The zero-order valence-electron chi connectivity index (χ0n) is 16.9. The predicted octanol–water partition coefficient (Wildman–Crippen LogP) is 1.30. The van der Waals surface area contributed by atoms with E-state index in [1.165, 1.54) is 14.2 Å². The van der Waals surface area contributed by atoms with Gasteiger partial charge in [0.1, 0.15) is 23.6 Å². The maximum absolute atomic E-state index is 12.5. The highest BCUT2D eigenvalue weighted by molar-refractivity contribution is 6.08. The quantitative estimate of drug-likeness (QED) is 0.467. The molecule has 1 aromatic carbocycles. The molecule has 2 N–H and O–H groups in total. The molecule has 10 nitrogen and oxygen atoms in total. The Balaban J connectivity index is 1.90. The van der Waals surface area contributed by atoms with Crippen LogP contribution in [0.15, 0.2) is 18.2 Å². The molecule has 0 radical (unpaired) electrons. The first-order chi connectivity index (χ1) is 13.8. The number of carbonyl (C=O) groups is 4. The van der Waals surface area contributed by atoms with Crippen molar-refractivity contribution in [3.63, 3.8) is 0 Å². The fraction of sp³-hybridized carbons (Fsp3) is 0.474. The Morgan fingerprint density at radius 1 is 1.14 bits per heavy atom. The Kier molecular flexibility index (Phi) is 7.03. The number of imide groups is 1. The number of esters is 1. The number of hydrogen-bond acceptors (Lipinski definition) is 7. The highest BCUT2D eigenvalue weighted by Gasteiger charge is 2.49. The van der Waals surface area contributed by atoms with Crippen molar-refractivity contribution in [2.24, 2.45) is 0 Å². The molecule has 0 spiro atoms. The Morgan fingerprint density at radius 3 is 2.38 bits per heavy atom. The molecule has 2 rings (SSSR count). The van der Waals surface area contributed by atoms with Gasteiger partial charge in [-0.3, -0.25) is 19.3 Å². The summed E-state index contributed by atoms with van der Waals surface area (Å²) in [6.07, 6.45) is 0.817. The number of urea groups is 1. The average molecular weight is 407 g/mol. The number of nitrogens with zero attached hydrogens (tertiary/aromatic N) is 1. The highest BCUT2D eigenvalue weighted by Crippen LogP contribution is 2.29. The predicted molar refractivity (Wildman–Crippen MR) is 103 cm³/mol. The minimum absolute atomic E-state index is 0.374. The van der Waals surface area contributed by atoms with Gasteiger partial charge in [0, 0.05) is 6.07 Å². The van der Waals surface area contributed by atoms with Gasteiger partial charge in [-0.15, -0.1) is 0 Å². The lowest BCUT2D eigenvalue weighted by Gasteiger charge is -2.22. The summed E-state index contributed by atoms with van der Waals surface area (Å²) in [6, 6.07) is 4.16. The summed E-state index contributed by atoms with van der Waals surface area (Å²) in [5, 5.41) is 5.17. The van der Waals surface area contributed by atoms with E-state index in [0.717, 1.165) is 4.90 Å². The summed E-state index contributed by atoms with van der Waals surface area (Å²) in [7, 11) is 2.94. The Bertz CT molecular complexity index is 805. The molecule has 10 heteroatoms. The van der Waals surface area contributed by atoms with E-state index in [-0.39, 0.29) is 0 Å². The molecule has 158 valence electrons. The largest absolute Gasteiger partial charge is 0.497 e. The first kappa shape index (κ1) is 22.0. The van der Waals surface area contributed by atoms with Crippen LogP contribution in [-0.2, 0) is 19.1 Å². The minimum atomic E-state index is -1.00. The van der Waals surface area contributed by atoms with Crippen molar-refractivity contribution in [3.05, 3.63) is 18.2 Å². The summed E-state index contributed by atoms with van der Waals surface area (Å²) < 4.78 is 15.2. The van der Waals surface area contributed by atoms with Gasteiger partial charge in [-0.05, 0) is 25.0 Å². The number of benzene rings is 1. The van der Waals surface area contributed by atoms with E-state index in [1.54, 1.807) is 32.0 Å². The van der Waals surface area contributed by atoms with E-state index in [0.29, 0.717) is 30.0 Å². The normalized spacial score (nSPS) is 15.0. The molecule has 0 saturated carbocycles. The summed E-state index contributed by atoms with van der Waals surface area (Å²) in [6.45, 7) is 2.42. The van der Waals surface area contributed by atoms with Gasteiger partial charge in [0.2, 0.25) is 0 Å². The molecule has 1 aliphatic heterocycles. The van der Waals surface area contributed by atoms with E-state index >= 15 is 0 Å². The molecule has 0 aliphatic carbocycles. The molecule has 0 atom stereocenters. The first-order valence-corrected chi connectivity index (χ1v) is 9.11.